The van der Waals surface area contributed by atoms with Crippen LogP contribution in [0.4, 0.5) is 5.82 Å². The number of likely N-dealkylation sites (tertiary alicyclic amines) is 1. The molecule has 6 heteroatoms. The van der Waals surface area contributed by atoms with Gasteiger partial charge in [0, 0.05) is 33.4 Å². The van der Waals surface area contributed by atoms with Gasteiger partial charge in [0.2, 0.25) is 0 Å². The molecule has 0 spiro atoms. The summed E-state index contributed by atoms with van der Waals surface area (Å²) in [6, 6.07) is 1.67. The molecule has 1 N–H and O–H groups in total. The summed E-state index contributed by atoms with van der Waals surface area (Å²) in [7, 11) is 3.42. The highest BCUT2D eigenvalue weighted by atomic mass is 35.5. The van der Waals surface area contributed by atoms with Crippen molar-refractivity contribution in [3.63, 3.8) is 0 Å². The average molecular weight is 270 g/mol. The standard InChI is InChI=1S/C12H16ClN3O2/c1-14-11-5-9(10(13)6-15-11)12(17)16-4-3-8(7-16)18-2/h5-6,8H,3-4,7H2,1-2H3,(H,14,15). The van der Waals surface area contributed by atoms with Crippen LogP contribution in [0.2, 0.25) is 5.02 Å². The summed E-state index contributed by atoms with van der Waals surface area (Å²) in [5.41, 5.74) is 0.479. The molecule has 1 fully saturated rings. The summed E-state index contributed by atoms with van der Waals surface area (Å²) in [6.45, 7) is 1.31. The highest BCUT2D eigenvalue weighted by Crippen LogP contribution is 2.22. The molecule has 0 aliphatic carbocycles. The first kappa shape index (κ1) is 13.1. The van der Waals surface area contributed by atoms with E-state index in [1.165, 1.54) is 6.20 Å². The van der Waals surface area contributed by atoms with Gasteiger partial charge in [-0.2, -0.15) is 0 Å². The van der Waals surface area contributed by atoms with Gasteiger partial charge in [-0.1, -0.05) is 11.6 Å². The van der Waals surface area contributed by atoms with Crippen LogP contribution in [0.15, 0.2) is 12.3 Å². The van der Waals surface area contributed by atoms with Crippen LogP contribution in [-0.2, 0) is 4.74 Å². The summed E-state index contributed by atoms with van der Waals surface area (Å²) in [6.07, 6.45) is 2.48. The van der Waals surface area contributed by atoms with Crippen LogP contribution in [0.1, 0.15) is 16.8 Å². The Balaban J connectivity index is 2.18. The number of hydrogen-bond acceptors (Lipinski definition) is 4. The van der Waals surface area contributed by atoms with Crippen LogP contribution in [0.3, 0.4) is 0 Å². The Kier molecular flexibility index (Phi) is 4.04. The number of nitrogens with zero attached hydrogens (tertiary/aromatic N) is 2. The largest absolute Gasteiger partial charge is 0.380 e. The van der Waals surface area contributed by atoms with Crippen molar-refractivity contribution in [1.82, 2.24) is 9.88 Å². The lowest BCUT2D eigenvalue weighted by atomic mass is 10.2. The molecule has 0 bridgehead atoms. The number of ether oxygens (including phenoxy) is 1. The third-order valence-corrected chi connectivity index (χ3v) is 3.41. The maximum atomic E-state index is 12.3. The van der Waals surface area contributed by atoms with Crippen LogP contribution in [0, 0.1) is 0 Å². The van der Waals surface area contributed by atoms with Crippen molar-refractivity contribution < 1.29 is 9.53 Å². The molecule has 1 aromatic heterocycles. The zero-order valence-electron chi connectivity index (χ0n) is 10.4. The van der Waals surface area contributed by atoms with Gasteiger partial charge in [-0.3, -0.25) is 4.79 Å². The zero-order valence-corrected chi connectivity index (χ0v) is 11.2. The second-order valence-electron chi connectivity index (χ2n) is 4.20. The zero-order chi connectivity index (χ0) is 13.1. The first-order chi connectivity index (χ1) is 8.65. The fraction of sp³-hybridized carbons (Fsp3) is 0.500. The van der Waals surface area contributed by atoms with E-state index in [4.69, 9.17) is 16.3 Å². The molecule has 1 aliphatic rings. The summed E-state index contributed by atoms with van der Waals surface area (Å²) < 4.78 is 5.25. The molecule has 2 rings (SSSR count). The fourth-order valence-corrected chi connectivity index (χ4v) is 2.20. The van der Waals surface area contributed by atoms with Gasteiger partial charge < -0.3 is 15.0 Å². The number of carbonyl (C=O) groups excluding carboxylic acids is 1. The minimum atomic E-state index is -0.0709. The number of hydrogen-bond donors (Lipinski definition) is 1. The van der Waals surface area contributed by atoms with Gasteiger partial charge in [-0.15, -0.1) is 0 Å². The third-order valence-electron chi connectivity index (χ3n) is 3.11. The fourth-order valence-electron chi connectivity index (χ4n) is 2.01. The van der Waals surface area contributed by atoms with Crippen LogP contribution >= 0.6 is 11.6 Å². The predicted octanol–water partition coefficient (Wildman–Crippen LogP) is 1.64. The van der Waals surface area contributed by atoms with Gasteiger partial charge in [-0.05, 0) is 12.5 Å². The minimum absolute atomic E-state index is 0.0709. The van der Waals surface area contributed by atoms with E-state index in [1.807, 2.05) is 0 Å². The van der Waals surface area contributed by atoms with Gasteiger partial charge in [0.1, 0.15) is 5.82 Å². The van der Waals surface area contributed by atoms with Gasteiger partial charge in [0.05, 0.1) is 16.7 Å². The summed E-state index contributed by atoms with van der Waals surface area (Å²) in [5, 5.41) is 3.27. The number of rotatable bonds is 3. The Morgan fingerprint density at radius 3 is 3.06 bits per heavy atom. The molecule has 0 aromatic carbocycles. The van der Waals surface area contributed by atoms with E-state index in [-0.39, 0.29) is 12.0 Å². The first-order valence-corrected chi connectivity index (χ1v) is 6.19. The Morgan fingerprint density at radius 2 is 2.44 bits per heavy atom. The maximum Gasteiger partial charge on any atom is 0.255 e. The minimum Gasteiger partial charge on any atom is -0.380 e. The Morgan fingerprint density at radius 1 is 1.67 bits per heavy atom. The number of nitrogens with one attached hydrogen (secondary N) is 1. The molecular weight excluding hydrogens is 254 g/mol. The quantitative estimate of drug-likeness (QED) is 0.906. The van der Waals surface area contributed by atoms with Crippen molar-refractivity contribution in [1.29, 1.82) is 0 Å². The summed E-state index contributed by atoms with van der Waals surface area (Å²) in [5.74, 6) is 0.559. The summed E-state index contributed by atoms with van der Waals surface area (Å²) >= 11 is 6.03. The lowest BCUT2D eigenvalue weighted by molar-refractivity contribution is 0.0724. The van der Waals surface area contributed by atoms with E-state index in [0.29, 0.717) is 29.5 Å². The van der Waals surface area contributed by atoms with Crippen molar-refractivity contribution in [2.75, 3.05) is 32.6 Å². The van der Waals surface area contributed by atoms with E-state index in [9.17, 15) is 4.79 Å². The number of carbonyl (C=O) groups is 1. The normalized spacial score (nSPS) is 19.1. The van der Waals surface area contributed by atoms with E-state index < -0.39 is 0 Å². The number of methoxy groups -OCH3 is 1. The van der Waals surface area contributed by atoms with Crippen molar-refractivity contribution in [2.24, 2.45) is 0 Å². The molecular formula is C12H16ClN3O2. The molecule has 0 radical (unpaired) electrons. The van der Waals surface area contributed by atoms with E-state index in [1.54, 1.807) is 25.1 Å². The third kappa shape index (κ3) is 2.57. The van der Waals surface area contributed by atoms with Gasteiger partial charge in [-0.25, -0.2) is 4.98 Å². The second kappa shape index (κ2) is 5.54. The molecule has 1 amide bonds. The number of pyridine rings is 1. The van der Waals surface area contributed by atoms with Crippen LogP contribution in [-0.4, -0.2) is 49.1 Å². The molecule has 1 aliphatic heterocycles. The second-order valence-corrected chi connectivity index (χ2v) is 4.60. The SMILES string of the molecule is CNc1cc(C(=O)N2CCC(OC)C2)c(Cl)cn1. The molecule has 98 valence electrons. The van der Waals surface area contributed by atoms with Crippen molar-refractivity contribution >= 4 is 23.3 Å². The van der Waals surface area contributed by atoms with E-state index in [2.05, 4.69) is 10.3 Å². The number of halogens is 1. The molecule has 1 atom stereocenters. The molecule has 18 heavy (non-hydrogen) atoms. The van der Waals surface area contributed by atoms with E-state index in [0.717, 1.165) is 6.42 Å². The molecule has 1 saturated heterocycles. The highest BCUT2D eigenvalue weighted by Gasteiger charge is 2.28. The monoisotopic (exact) mass is 269 g/mol. The molecule has 1 aromatic rings. The summed E-state index contributed by atoms with van der Waals surface area (Å²) in [4.78, 5) is 18.1. The number of anilines is 1. The van der Waals surface area contributed by atoms with Crippen molar-refractivity contribution in [2.45, 2.75) is 12.5 Å². The lowest BCUT2D eigenvalue weighted by Gasteiger charge is -2.17. The predicted molar refractivity (Wildman–Crippen MR) is 70.1 cm³/mol. The average Bonchev–Trinajstić information content (AvgIpc) is 2.87. The van der Waals surface area contributed by atoms with Gasteiger partial charge in [0.25, 0.3) is 5.91 Å². The lowest BCUT2D eigenvalue weighted by Crippen LogP contribution is -2.30. The number of amides is 1. The van der Waals surface area contributed by atoms with Gasteiger partial charge >= 0.3 is 0 Å². The molecule has 5 nitrogen and oxygen atoms in total. The number of aromatic nitrogens is 1. The smallest absolute Gasteiger partial charge is 0.255 e. The van der Waals surface area contributed by atoms with E-state index >= 15 is 0 Å². The topological polar surface area (TPSA) is 54.5 Å². The molecule has 2 heterocycles. The van der Waals surface area contributed by atoms with Crippen LogP contribution in [0.5, 0.6) is 0 Å². The Labute approximate surface area is 111 Å². The molecule has 0 saturated carbocycles. The molecule has 1 unspecified atom stereocenters. The van der Waals surface area contributed by atoms with Crippen LogP contribution in [0.25, 0.3) is 0 Å². The first-order valence-electron chi connectivity index (χ1n) is 5.81. The maximum absolute atomic E-state index is 12.3. The van der Waals surface area contributed by atoms with Crippen molar-refractivity contribution in [3.8, 4) is 0 Å². The van der Waals surface area contributed by atoms with Crippen molar-refractivity contribution in [3.05, 3.63) is 22.8 Å². The highest BCUT2D eigenvalue weighted by molar-refractivity contribution is 6.33. The van der Waals surface area contributed by atoms with Crippen LogP contribution < -0.4 is 5.32 Å². The Bertz CT molecular complexity index is 453. The van der Waals surface area contributed by atoms with Gasteiger partial charge in [0.15, 0.2) is 0 Å². The Hall–Kier alpha value is -1.33.